The van der Waals surface area contributed by atoms with Crippen LogP contribution in [-0.2, 0) is 0 Å². The van der Waals surface area contributed by atoms with Crippen molar-refractivity contribution in [2.45, 2.75) is 89.9 Å². The van der Waals surface area contributed by atoms with E-state index >= 15 is 0 Å². The van der Waals surface area contributed by atoms with Gasteiger partial charge in [-0.3, -0.25) is 0 Å². The number of hydrogen-bond donors (Lipinski definition) is 6. The summed E-state index contributed by atoms with van der Waals surface area (Å²) in [6.45, 7) is 1.98. The summed E-state index contributed by atoms with van der Waals surface area (Å²) in [6.07, 6.45) is 19.3. The lowest BCUT2D eigenvalue weighted by molar-refractivity contribution is 0.292. The zero-order valence-electron chi connectivity index (χ0n) is 14.3. The molecule has 1 rings (SSSR count). The highest BCUT2D eigenvalue weighted by atomic mass is 15.8. The summed E-state index contributed by atoms with van der Waals surface area (Å²) < 4.78 is 0. The van der Waals surface area contributed by atoms with Crippen LogP contribution in [0, 0.1) is 0 Å². The highest BCUT2D eigenvalue weighted by Gasteiger charge is 1.95. The number of hydrogen-bond acceptors (Lipinski definition) is 6. The fraction of sp³-hybridized carbons (Fsp3) is 1.00. The normalized spacial score (nSPS) is 24.0. The van der Waals surface area contributed by atoms with Crippen LogP contribution in [0.15, 0.2) is 0 Å². The van der Waals surface area contributed by atoms with Gasteiger partial charge >= 0.3 is 0 Å². The minimum atomic E-state index is 0.988. The first-order valence-corrected chi connectivity index (χ1v) is 9.46. The van der Waals surface area contributed by atoms with Gasteiger partial charge in [-0.2, -0.15) is 22.1 Å². The summed E-state index contributed by atoms with van der Waals surface area (Å²) in [6, 6.07) is 0. The Morgan fingerprint density at radius 3 is 0.864 bits per heavy atom. The molecule has 0 aromatic rings. The van der Waals surface area contributed by atoms with Gasteiger partial charge in [-0.25, -0.2) is 10.9 Å². The van der Waals surface area contributed by atoms with Crippen LogP contribution in [0.2, 0.25) is 0 Å². The molecule has 6 N–H and O–H groups in total. The SMILES string of the molecule is C1CCCCCCCCNNNNNNCCCCCCC1. The van der Waals surface area contributed by atoms with E-state index in [0.29, 0.717) is 0 Å². The van der Waals surface area contributed by atoms with Gasteiger partial charge < -0.3 is 0 Å². The van der Waals surface area contributed by atoms with Crippen molar-refractivity contribution in [3.63, 3.8) is 0 Å². The second kappa shape index (κ2) is 17.1. The van der Waals surface area contributed by atoms with Crippen molar-refractivity contribution in [3.05, 3.63) is 0 Å². The molecule has 0 unspecified atom stereocenters. The van der Waals surface area contributed by atoms with Crippen LogP contribution in [0.25, 0.3) is 0 Å². The largest absolute Gasteiger partial charge is 0.243 e. The Kier molecular flexibility index (Phi) is 15.4. The smallest absolute Gasteiger partial charge is 0.0113 e. The van der Waals surface area contributed by atoms with Crippen LogP contribution >= 0.6 is 0 Å². The van der Waals surface area contributed by atoms with Crippen LogP contribution in [0.5, 0.6) is 0 Å². The van der Waals surface area contributed by atoms with Gasteiger partial charge in [-0.05, 0) is 12.8 Å². The molecular formula is C16H38N6. The lowest BCUT2D eigenvalue weighted by Gasteiger charge is -2.12. The Labute approximate surface area is 136 Å². The quantitative estimate of drug-likeness (QED) is 0.413. The monoisotopic (exact) mass is 314 g/mol. The van der Waals surface area contributed by atoms with Crippen molar-refractivity contribution in [3.8, 4) is 0 Å². The Hall–Kier alpha value is -0.240. The zero-order chi connectivity index (χ0) is 15.6. The van der Waals surface area contributed by atoms with Crippen molar-refractivity contribution in [1.29, 1.82) is 0 Å². The van der Waals surface area contributed by atoms with Gasteiger partial charge in [-0.1, -0.05) is 77.0 Å². The molecule has 0 atom stereocenters. The molecular weight excluding hydrogens is 276 g/mol. The lowest BCUT2D eigenvalue weighted by Crippen LogP contribution is -2.58. The van der Waals surface area contributed by atoms with E-state index in [1.165, 1.54) is 89.9 Å². The number of hydrazine groups is 5. The molecule has 0 aromatic carbocycles. The third kappa shape index (κ3) is 14.7. The molecule has 132 valence electrons. The third-order valence-corrected chi connectivity index (χ3v) is 4.22. The van der Waals surface area contributed by atoms with Crippen LogP contribution in [0.1, 0.15) is 89.9 Å². The van der Waals surface area contributed by atoms with Crippen molar-refractivity contribution >= 4 is 0 Å². The Balaban J connectivity index is 2.00. The standard InChI is InChI=1S/C16H38N6/c1-2-4-6-8-10-12-14-16-18-20-22-21-19-17-15-13-11-9-7-5-3-1/h17-22H,1-16H2. The molecule has 0 aliphatic carbocycles. The van der Waals surface area contributed by atoms with E-state index in [0.717, 1.165) is 13.1 Å². The van der Waals surface area contributed by atoms with Gasteiger partial charge in [0.2, 0.25) is 0 Å². The first-order valence-electron chi connectivity index (χ1n) is 9.46. The van der Waals surface area contributed by atoms with Crippen LogP contribution in [0.4, 0.5) is 0 Å². The molecule has 0 amide bonds. The lowest BCUT2D eigenvalue weighted by atomic mass is 10.0. The first-order chi connectivity index (χ1) is 11.0. The topological polar surface area (TPSA) is 72.2 Å². The fourth-order valence-electron chi connectivity index (χ4n) is 2.82. The second-order valence-corrected chi connectivity index (χ2v) is 6.30. The molecule has 6 heteroatoms. The summed E-state index contributed by atoms with van der Waals surface area (Å²) in [5.41, 5.74) is 17.8. The van der Waals surface area contributed by atoms with Crippen molar-refractivity contribution in [1.82, 2.24) is 33.0 Å². The Morgan fingerprint density at radius 1 is 0.273 bits per heavy atom. The van der Waals surface area contributed by atoms with E-state index in [4.69, 9.17) is 0 Å². The summed E-state index contributed by atoms with van der Waals surface area (Å²) in [5.74, 6) is 0. The predicted molar refractivity (Wildman–Crippen MR) is 93.2 cm³/mol. The molecule has 0 saturated carbocycles. The second-order valence-electron chi connectivity index (χ2n) is 6.30. The maximum absolute atomic E-state index is 3.13. The van der Waals surface area contributed by atoms with Crippen molar-refractivity contribution in [2.24, 2.45) is 0 Å². The maximum Gasteiger partial charge on any atom is 0.0113 e. The highest BCUT2D eigenvalue weighted by molar-refractivity contribution is 4.51. The van der Waals surface area contributed by atoms with Gasteiger partial charge in [-0.15, -0.1) is 0 Å². The molecule has 0 aromatic heterocycles. The van der Waals surface area contributed by atoms with E-state index in [2.05, 4.69) is 33.0 Å². The fourth-order valence-corrected chi connectivity index (χ4v) is 2.82. The van der Waals surface area contributed by atoms with Crippen molar-refractivity contribution < 1.29 is 0 Å². The van der Waals surface area contributed by atoms with Gasteiger partial charge in [0.1, 0.15) is 0 Å². The highest BCUT2D eigenvalue weighted by Crippen LogP contribution is 2.12. The Bertz CT molecular complexity index is 117. The van der Waals surface area contributed by atoms with E-state index in [9.17, 15) is 0 Å². The molecule has 1 aliphatic rings. The molecule has 0 radical (unpaired) electrons. The van der Waals surface area contributed by atoms with Crippen molar-refractivity contribution in [2.75, 3.05) is 13.1 Å². The summed E-state index contributed by atoms with van der Waals surface area (Å²) in [5, 5.41) is 0. The van der Waals surface area contributed by atoms with E-state index in [-0.39, 0.29) is 0 Å². The maximum atomic E-state index is 3.13. The van der Waals surface area contributed by atoms with Gasteiger partial charge in [0, 0.05) is 13.1 Å². The molecule has 1 heterocycles. The molecule has 22 heavy (non-hydrogen) atoms. The van der Waals surface area contributed by atoms with Gasteiger partial charge in [0.25, 0.3) is 0 Å². The summed E-state index contributed by atoms with van der Waals surface area (Å²) in [4.78, 5) is 0. The molecule has 1 fully saturated rings. The number of rotatable bonds is 0. The summed E-state index contributed by atoms with van der Waals surface area (Å²) >= 11 is 0. The third-order valence-electron chi connectivity index (χ3n) is 4.22. The Morgan fingerprint density at radius 2 is 0.545 bits per heavy atom. The van der Waals surface area contributed by atoms with Crippen LogP contribution in [0.3, 0.4) is 0 Å². The average molecular weight is 315 g/mol. The molecule has 0 bridgehead atoms. The van der Waals surface area contributed by atoms with Gasteiger partial charge in [0.15, 0.2) is 0 Å². The molecule has 6 nitrogen and oxygen atoms in total. The molecule has 1 aliphatic heterocycles. The van der Waals surface area contributed by atoms with E-state index in [1.54, 1.807) is 0 Å². The minimum Gasteiger partial charge on any atom is -0.243 e. The average Bonchev–Trinajstić information content (AvgIpc) is 2.53. The predicted octanol–water partition coefficient (Wildman–Crippen LogP) is 2.57. The first kappa shape index (κ1) is 19.8. The summed E-state index contributed by atoms with van der Waals surface area (Å²) in [7, 11) is 0. The molecule has 0 spiro atoms. The van der Waals surface area contributed by atoms with E-state index < -0.39 is 0 Å². The minimum absolute atomic E-state index is 0.988. The van der Waals surface area contributed by atoms with Gasteiger partial charge in [0.05, 0.1) is 0 Å². The van der Waals surface area contributed by atoms with Crippen LogP contribution < -0.4 is 33.0 Å². The zero-order valence-corrected chi connectivity index (χ0v) is 14.3. The number of nitrogens with one attached hydrogen (secondary N) is 6. The van der Waals surface area contributed by atoms with Crippen LogP contribution in [-0.4, -0.2) is 13.1 Å². The molecule has 1 saturated heterocycles. The van der Waals surface area contributed by atoms with E-state index in [1.807, 2.05) is 0 Å².